The monoisotopic (exact) mass is 1520 g/mol. The third-order valence-corrected chi connectivity index (χ3v) is 23.0. The van der Waals surface area contributed by atoms with Gasteiger partial charge in [0.15, 0.2) is 34.9 Å². The molecule has 22 aromatic rings. The Bertz CT molecular complexity index is 7440. The van der Waals surface area contributed by atoms with Crippen LogP contribution >= 0.6 is 0 Å². The minimum atomic E-state index is 0.510. The van der Waals surface area contributed by atoms with Gasteiger partial charge >= 0.3 is 0 Å². The van der Waals surface area contributed by atoms with E-state index < -0.39 is 0 Å². The Hall–Kier alpha value is -16.1. The molecule has 3 aromatic heterocycles. The van der Waals surface area contributed by atoms with Crippen LogP contribution in [0.5, 0.6) is 0 Å². The molecule has 3 heterocycles. The van der Waals surface area contributed by atoms with Crippen molar-refractivity contribution in [3.8, 4) is 174 Å². The third kappa shape index (κ3) is 12.5. The normalized spacial score (nSPS) is 11.5. The molecule has 0 fully saturated rings. The van der Waals surface area contributed by atoms with Gasteiger partial charge in [-0.3, -0.25) is 0 Å². The van der Waals surface area contributed by atoms with Crippen molar-refractivity contribution in [2.45, 2.75) is 0 Å². The van der Waals surface area contributed by atoms with E-state index in [1.54, 1.807) is 0 Å². The number of benzene rings is 19. The Morgan fingerprint density at radius 3 is 0.832 bits per heavy atom. The summed E-state index contributed by atoms with van der Waals surface area (Å²) in [6.45, 7) is 0. The van der Waals surface area contributed by atoms with Gasteiger partial charge in [-0.1, -0.05) is 381 Å². The Morgan fingerprint density at radius 2 is 0.445 bits per heavy atom. The smallest absolute Gasteiger partial charge is 0.164 e. The maximum Gasteiger partial charge on any atom is 0.164 e. The first-order chi connectivity index (χ1) is 59.0. The van der Waals surface area contributed by atoms with Crippen LogP contribution in [0, 0.1) is 0 Å². The molecular weight excluding hydrogens is 1450 g/mol. The molecule has 0 saturated carbocycles. The second-order valence-electron chi connectivity index (χ2n) is 30.0. The Balaban J connectivity index is 0.726. The third-order valence-electron chi connectivity index (χ3n) is 23.0. The van der Waals surface area contributed by atoms with E-state index in [9.17, 15) is 0 Å². The van der Waals surface area contributed by atoms with Crippen molar-refractivity contribution >= 4 is 53.9 Å². The number of hydrogen-bond donors (Lipinski definition) is 0. The van der Waals surface area contributed by atoms with Gasteiger partial charge in [-0.15, -0.1) is 5.10 Å². The first kappa shape index (κ1) is 69.6. The fraction of sp³-hybridized carbons (Fsp3) is 0. The van der Waals surface area contributed by atoms with Gasteiger partial charge in [-0.05, 0) is 179 Å². The lowest BCUT2D eigenvalue weighted by atomic mass is 9.74. The minimum absolute atomic E-state index is 0.510. The summed E-state index contributed by atoms with van der Waals surface area (Å²) in [6.07, 6.45) is 2.01. The molecule has 0 aliphatic heterocycles. The van der Waals surface area contributed by atoms with E-state index >= 15 is 0 Å². The van der Waals surface area contributed by atoms with Crippen molar-refractivity contribution in [1.29, 1.82) is 0 Å². The van der Waals surface area contributed by atoms with Crippen LogP contribution in [-0.2, 0) is 0 Å². The van der Waals surface area contributed by atoms with Gasteiger partial charge < -0.3 is 0 Å². The van der Waals surface area contributed by atoms with Crippen LogP contribution < -0.4 is 0 Å². The number of rotatable bonds is 16. The average molecular weight is 1520 g/mol. The fourth-order valence-corrected chi connectivity index (χ4v) is 17.6. The molecule has 0 N–H and O–H groups in total. The summed E-state index contributed by atoms with van der Waals surface area (Å²) in [6, 6.07) is 147. The molecule has 9 nitrogen and oxygen atoms in total. The molecule has 0 atom stereocenters. The lowest BCUT2D eigenvalue weighted by Gasteiger charge is -2.28. The van der Waals surface area contributed by atoms with Gasteiger partial charge in [0.2, 0.25) is 0 Å². The predicted molar refractivity (Wildman–Crippen MR) is 488 cm³/mol. The molecule has 0 radical (unpaired) electrons. The van der Waals surface area contributed by atoms with Crippen LogP contribution in [0.1, 0.15) is 0 Å². The van der Waals surface area contributed by atoms with E-state index in [2.05, 4.69) is 291 Å². The van der Waals surface area contributed by atoms with Crippen molar-refractivity contribution in [3.05, 3.63) is 419 Å². The first-order valence-electron chi connectivity index (χ1n) is 40.1. The van der Waals surface area contributed by atoms with Crippen molar-refractivity contribution in [3.63, 3.8) is 0 Å². The second kappa shape index (κ2) is 29.7. The van der Waals surface area contributed by atoms with E-state index in [0.717, 1.165) is 111 Å². The lowest BCUT2D eigenvalue weighted by molar-refractivity contribution is 0.804. The van der Waals surface area contributed by atoms with Gasteiger partial charge in [0.1, 0.15) is 5.69 Å². The van der Waals surface area contributed by atoms with Crippen molar-refractivity contribution in [1.82, 2.24) is 44.9 Å². The highest BCUT2D eigenvalue weighted by Crippen LogP contribution is 2.58. The molecular formula is C110H69N9. The summed E-state index contributed by atoms with van der Waals surface area (Å²) in [5, 5.41) is 22.0. The molecule has 0 spiro atoms. The molecule has 554 valence electrons. The molecule has 19 aromatic carbocycles. The minimum Gasteiger partial charge on any atom is -0.220 e. The first-order valence-corrected chi connectivity index (χ1v) is 40.1. The second-order valence-corrected chi connectivity index (χ2v) is 30.0. The van der Waals surface area contributed by atoms with Gasteiger partial charge in [0.25, 0.3) is 0 Å². The number of fused-ring (bicyclic) bond motifs is 6. The predicted octanol–water partition coefficient (Wildman–Crippen LogP) is 27.8. The quantitative estimate of drug-likeness (QED) is 0.0695. The highest BCUT2D eigenvalue weighted by molar-refractivity contribution is 6.46. The highest BCUT2D eigenvalue weighted by Gasteiger charge is 2.31. The molecule has 0 aliphatic rings. The summed E-state index contributed by atoms with van der Waals surface area (Å²) >= 11 is 0. The van der Waals surface area contributed by atoms with E-state index in [1.165, 1.54) is 76.1 Å². The van der Waals surface area contributed by atoms with Gasteiger partial charge in [-0.25, -0.2) is 34.6 Å². The average Bonchev–Trinajstić information content (AvgIpc) is 1.67. The van der Waals surface area contributed by atoms with Crippen LogP contribution in [-0.4, -0.2) is 44.9 Å². The van der Waals surface area contributed by atoms with Crippen LogP contribution in [0.25, 0.3) is 228 Å². The SMILES string of the molecule is c1ccc(-c2nc(-c3ccccc3)nc(-c3ccc(-c4cc(-c5cn(-c6ccc(-c7cc(-c8ccccc8)c8c9cccc%10c%11c(-c%12ccccc%12)c(-c%12ccccc%12)c(-c%12ccccc%12)c(-c%12ccccc%12)c%11c%11cccc(c8c7-c7ccccc7)c%11c9%10)cc6)nn5)cc(-c5nc(-c6ccccc6)nc(-c6ccccc6)n5)c4)cc3)n2)cc1. The van der Waals surface area contributed by atoms with Crippen LogP contribution in [0.15, 0.2) is 419 Å². The van der Waals surface area contributed by atoms with Gasteiger partial charge in [0, 0.05) is 38.9 Å². The zero-order chi connectivity index (χ0) is 78.7. The summed E-state index contributed by atoms with van der Waals surface area (Å²) in [5.74, 6) is 3.38. The molecule has 22 rings (SSSR count). The fourth-order valence-electron chi connectivity index (χ4n) is 17.6. The lowest BCUT2D eigenvalue weighted by Crippen LogP contribution is -2.00. The molecule has 0 aliphatic carbocycles. The number of nitrogens with zero attached hydrogens (tertiary/aromatic N) is 9. The van der Waals surface area contributed by atoms with Crippen molar-refractivity contribution in [2.75, 3.05) is 0 Å². The summed E-state index contributed by atoms with van der Waals surface area (Å²) in [5.41, 5.74) is 25.5. The van der Waals surface area contributed by atoms with E-state index in [4.69, 9.17) is 40.2 Å². The summed E-state index contributed by atoms with van der Waals surface area (Å²) in [4.78, 5) is 30.7. The maximum absolute atomic E-state index is 5.25. The van der Waals surface area contributed by atoms with E-state index in [1.807, 2.05) is 132 Å². The molecule has 0 unspecified atom stereocenters. The standard InChI is InChI=1S/C110H69N9/c1-11-33-71(34-12-1)92-68-91(94(73-35-13-2-14-36-73)102-88-54-32-56-90-100(88)99-87(101(92)102)53-31-55-89(99)103-97(76-41-19-5-20-42-76)95(74-37-15-3-16-38-74)96(75-39-17-4-18-40-75)98(104(90)103)77-43-21-6-22-44-77)72-61-63-86(64-62-72)119-69-93(117-118-119)84-65-83(66-85(67-84)110-115-107(80-49-27-9-28-50-80)112-108(116-110)81-51-29-10-30-52-81)70-57-59-82(60-58-70)109-113-105(78-45-23-7-24-46-78)111-106(114-109)79-47-25-8-26-48-79/h1-69H. The highest BCUT2D eigenvalue weighted by atomic mass is 15.4. The number of hydrogen-bond acceptors (Lipinski definition) is 8. The maximum atomic E-state index is 5.25. The number of aromatic nitrogens is 9. The Labute approximate surface area is 687 Å². The molecule has 0 bridgehead atoms. The largest absolute Gasteiger partial charge is 0.220 e. The Morgan fingerprint density at radius 1 is 0.168 bits per heavy atom. The molecule has 9 heteroatoms. The van der Waals surface area contributed by atoms with Crippen LogP contribution in [0.3, 0.4) is 0 Å². The molecule has 0 saturated heterocycles. The topological polar surface area (TPSA) is 108 Å². The molecule has 119 heavy (non-hydrogen) atoms. The Kier molecular flexibility index (Phi) is 17.4. The zero-order valence-corrected chi connectivity index (χ0v) is 64.4. The van der Waals surface area contributed by atoms with Crippen LogP contribution in [0.2, 0.25) is 0 Å². The summed E-state index contributed by atoms with van der Waals surface area (Å²) in [7, 11) is 0. The summed E-state index contributed by atoms with van der Waals surface area (Å²) < 4.78 is 1.87. The zero-order valence-electron chi connectivity index (χ0n) is 64.4. The molecule has 0 amide bonds. The van der Waals surface area contributed by atoms with Gasteiger partial charge in [0.05, 0.1) is 11.9 Å². The van der Waals surface area contributed by atoms with Crippen molar-refractivity contribution < 1.29 is 0 Å². The van der Waals surface area contributed by atoms with Crippen LogP contribution in [0.4, 0.5) is 0 Å². The van der Waals surface area contributed by atoms with E-state index in [0.29, 0.717) is 40.6 Å². The van der Waals surface area contributed by atoms with E-state index in [-0.39, 0.29) is 0 Å². The van der Waals surface area contributed by atoms with Gasteiger partial charge in [-0.2, -0.15) is 0 Å². The van der Waals surface area contributed by atoms with Crippen molar-refractivity contribution in [2.24, 2.45) is 0 Å².